The molecule has 0 radical (unpaired) electrons. The van der Waals surface area contributed by atoms with Gasteiger partial charge in [-0.05, 0) is 36.4 Å². The Morgan fingerprint density at radius 1 is 1.22 bits per heavy atom. The van der Waals surface area contributed by atoms with Crippen molar-refractivity contribution in [3.8, 4) is 0 Å². The van der Waals surface area contributed by atoms with Crippen LogP contribution in [0, 0.1) is 5.82 Å². The van der Waals surface area contributed by atoms with E-state index in [1.54, 1.807) is 0 Å². The van der Waals surface area contributed by atoms with Crippen molar-refractivity contribution in [1.82, 2.24) is 19.8 Å². The van der Waals surface area contributed by atoms with Gasteiger partial charge < -0.3 is 9.88 Å². The lowest BCUT2D eigenvalue weighted by molar-refractivity contribution is 0.0498. The van der Waals surface area contributed by atoms with Gasteiger partial charge in [0.1, 0.15) is 11.6 Å². The standard InChI is InChI=1S/C21H21FN4O/c1-2-11-25-12-13-26(21(27)15-7-9-16(22)10-8-15)14-19(25)20-23-17-5-3-4-6-18(17)24-20/h2-10,19H,1,11-14H2,(H,23,24). The summed E-state index contributed by atoms with van der Waals surface area (Å²) in [5.74, 6) is 0.409. The molecule has 1 atom stereocenters. The predicted molar refractivity (Wildman–Crippen MR) is 103 cm³/mol. The Morgan fingerprint density at radius 3 is 2.74 bits per heavy atom. The number of H-pyrrole nitrogens is 1. The van der Waals surface area contributed by atoms with E-state index in [-0.39, 0.29) is 17.8 Å². The number of rotatable bonds is 4. The quantitative estimate of drug-likeness (QED) is 0.722. The van der Waals surface area contributed by atoms with Gasteiger partial charge >= 0.3 is 0 Å². The summed E-state index contributed by atoms with van der Waals surface area (Å²) < 4.78 is 13.2. The molecule has 138 valence electrons. The molecule has 1 aromatic heterocycles. The maximum absolute atomic E-state index is 13.2. The molecule has 1 aliphatic heterocycles. The number of hydrogen-bond acceptors (Lipinski definition) is 3. The van der Waals surface area contributed by atoms with Crippen LogP contribution in [0.2, 0.25) is 0 Å². The number of para-hydroxylation sites is 2. The SMILES string of the molecule is C=CCN1CCN(C(=O)c2ccc(F)cc2)CC1c1nc2ccccc2[nH]1. The molecule has 2 aromatic carbocycles. The van der Waals surface area contributed by atoms with Crippen molar-refractivity contribution < 1.29 is 9.18 Å². The first-order chi connectivity index (χ1) is 13.2. The van der Waals surface area contributed by atoms with E-state index < -0.39 is 0 Å². The number of fused-ring (bicyclic) bond motifs is 1. The summed E-state index contributed by atoms with van der Waals surface area (Å²) in [6.07, 6.45) is 1.87. The fourth-order valence-corrected chi connectivity index (χ4v) is 3.55. The van der Waals surface area contributed by atoms with Crippen LogP contribution in [-0.4, -0.2) is 51.9 Å². The number of carbonyl (C=O) groups excluding carboxylic acids is 1. The van der Waals surface area contributed by atoms with Crippen molar-refractivity contribution >= 4 is 16.9 Å². The van der Waals surface area contributed by atoms with Crippen molar-refractivity contribution in [2.24, 2.45) is 0 Å². The molecule has 3 aromatic rings. The average Bonchev–Trinajstić information content (AvgIpc) is 3.12. The van der Waals surface area contributed by atoms with Crippen LogP contribution in [0.5, 0.6) is 0 Å². The Bertz CT molecular complexity index is 933. The Balaban J connectivity index is 1.61. The number of imidazole rings is 1. The summed E-state index contributed by atoms with van der Waals surface area (Å²) in [6, 6.07) is 13.5. The number of hydrogen-bond donors (Lipinski definition) is 1. The number of piperazine rings is 1. The van der Waals surface area contributed by atoms with Gasteiger partial charge in [-0.2, -0.15) is 0 Å². The monoisotopic (exact) mass is 364 g/mol. The fraction of sp³-hybridized carbons (Fsp3) is 0.238. The molecule has 0 saturated carbocycles. The normalized spacial score (nSPS) is 18.0. The van der Waals surface area contributed by atoms with Gasteiger partial charge in [0.2, 0.25) is 0 Å². The second-order valence-electron chi connectivity index (χ2n) is 6.70. The van der Waals surface area contributed by atoms with Gasteiger partial charge in [-0.25, -0.2) is 9.37 Å². The Hall–Kier alpha value is -2.99. The number of halogens is 1. The molecule has 1 aliphatic rings. The first kappa shape index (κ1) is 17.4. The van der Waals surface area contributed by atoms with Crippen LogP contribution in [0.25, 0.3) is 11.0 Å². The van der Waals surface area contributed by atoms with Crippen LogP contribution in [0.1, 0.15) is 22.2 Å². The number of nitrogens with zero attached hydrogens (tertiary/aromatic N) is 3. The van der Waals surface area contributed by atoms with Gasteiger partial charge in [0.15, 0.2) is 0 Å². The zero-order chi connectivity index (χ0) is 18.8. The van der Waals surface area contributed by atoms with Gasteiger partial charge in [-0.15, -0.1) is 6.58 Å². The van der Waals surface area contributed by atoms with Crippen LogP contribution in [0.3, 0.4) is 0 Å². The molecule has 1 saturated heterocycles. The van der Waals surface area contributed by atoms with Crippen LogP contribution >= 0.6 is 0 Å². The average molecular weight is 364 g/mol. The van der Waals surface area contributed by atoms with Gasteiger partial charge in [-0.3, -0.25) is 9.69 Å². The molecule has 4 rings (SSSR count). The molecule has 6 heteroatoms. The maximum Gasteiger partial charge on any atom is 0.253 e. The fourth-order valence-electron chi connectivity index (χ4n) is 3.55. The molecule has 27 heavy (non-hydrogen) atoms. The van der Waals surface area contributed by atoms with E-state index in [9.17, 15) is 9.18 Å². The van der Waals surface area contributed by atoms with Gasteiger partial charge in [-0.1, -0.05) is 18.2 Å². The number of benzene rings is 2. The Morgan fingerprint density at radius 2 is 2.00 bits per heavy atom. The van der Waals surface area contributed by atoms with E-state index in [1.165, 1.54) is 24.3 Å². The molecule has 1 unspecified atom stereocenters. The van der Waals surface area contributed by atoms with E-state index in [2.05, 4.69) is 16.5 Å². The summed E-state index contributed by atoms with van der Waals surface area (Å²) in [5, 5.41) is 0. The number of aromatic amines is 1. The molecule has 2 heterocycles. The molecule has 0 aliphatic carbocycles. The van der Waals surface area contributed by atoms with Crippen LogP contribution in [0.4, 0.5) is 4.39 Å². The minimum absolute atomic E-state index is 0.0476. The lowest BCUT2D eigenvalue weighted by Crippen LogP contribution is -2.50. The summed E-state index contributed by atoms with van der Waals surface area (Å²) in [4.78, 5) is 25.0. The second-order valence-corrected chi connectivity index (χ2v) is 6.70. The summed E-state index contributed by atoms with van der Waals surface area (Å²) in [6.45, 7) is 6.42. The summed E-state index contributed by atoms with van der Waals surface area (Å²) >= 11 is 0. The third-order valence-corrected chi connectivity index (χ3v) is 4.96. The largest absolute Gasteiger partial charge is 0.341 e. The summed E-state index contributed by atoms with van der Waals surface area (Å²) in [5.41, 5.74) is 2.39. The first-order valence-electron chi connectivity index (χ1n) is 9.00. The van der Waals surface area contributed by atoms with Gasteiger partial charge in [0.25, 0.3) is 5.91 Å². The molecule has 0 spiro atoms. The van der Waals surface area contributed by atoms with Crippen LogP contribution in [0.15, 0.2) is 61.2 Å². The highest BCUT2D eigenvalue weighted by Gasteiger charge is 2.32. The van der Waals surface area contributed by atoms with Crippen LogP contribution in [-0.2, 0) is 0 Å². The highest BCUT2D eigenvalue weighted by atomic mass is 19.1. The van der Waals surface area contributed by atoms with Gasteiger partial charge in [0, 0.05) is 31.7 Å². The summed E-state index contributed by atoms with van der Waals surface area (Å²) in [7, 11) is 0. The van der Waals surface area contributed by atoms with Crippen LogP contribution < -0.4 is 0 Å². The minimum atomic E-state index is -0.345. The lowest BCUT2D eigenvalue weighted by Gasteiger charge is -2.40. The van der Waals surface area contributed by atoms with E-state index in [0.29, 0.717) is 18.7 Å². The van der Waals surface area contributed by atoms with Crippen molar-refractivity contribution in [2.45, 2.75) is 6.04 Å². The molecular formula is C21H21FN4O. The number of carbonyl (C=O) groups is 1. The Labute approximate surface area is 157 Å². The Kier molecular flexibility index (Phi) is 4.73. The number of nitrogens with one attached hydrogen (secondary N) is 1. The number of aromatic nitrogens is 2. The predicted octanol–water partition coefficient (Wildman–Crippen LogP) is 3.39. The zero-order valence-electron chi connectivity index (χ0n) is 14.9. The smallest absolute Gasteiger partial charge is 0.253 e. The third kappa shape index (κ3) is 3.48. The molecular weight excluding hydrogens is 343 g/mol. The maximum atomic E-state index is 13.2. The topological polar surface area (TPSA) is 52.2 Å². The van der Waals surface area contributed by atoms with E-state index >= 15 is 0 Å². The number of amides is 1. The molecule has 1 N–H and O–H groups in total. The van der Waals surface area contributed by atoms with Crippen molar-refractivity contribution in [3.05, 3.63) is 78.4 Å². The van der Waals surface area contributed by atoms with Crippen molar-refractivity contribution in [1.29, 1.82) is 0 Å². The minimum Gasteiger partial charge on any atom is -0.341 e. The van der Waals surface area contributed by atoms with Crippen molar-refractivity contribution in [2.75, 3.05) is 26.2 Å². The highest BCUT2D eigenvalue weighted by Crippen LogP contribution is 2.26. The molecule has 0 bridgehead atoms. The van der Waals surface area contributed by atoms with Crippen molar-refractivity contribution in [3.63, 3.8) is 0 Å². The van der Waals surface area contributed by atoms with E-state index in [1.807, 2.05) is 35.2 Å². The zero-order valence-corrected chi connectivity index (χ0v) is 14.9. The lowest BCUT2D eigenvalue weighted by atomic mass is 10.1. The van der Waals surface area contributed by atoms with E-state index in [4.69, 9.17) is 4.98 Å². The first-order valence-corrected chi connectivity index (χ1v) is 9.00. The van der Waals surface area contributed by atoms with E-state index in [0.717, 1.165) is 29.9 Å². The molecule has 1 fully saturated rings. The molecule has 1 amide bonds. The second kappa shape index (κ2) is 7.32. The highest BCUT2D eigenvalue weighted by molar-refractivity contribution is 5.94. The van der Waals surface area contributed by atoms with Gasteiger partial charge in [0.05, 0.1) is 17.1 Å². The molecule has 5 nitrogen and oxygen atoms in total. The third-order valence-electron chi connectivity index (χ3n) is 4.96.